The van der Waals surface area contributed by atoms with E-state index in [4.69, 9.17) is 4.74 Å². The summed E-state index contributed by atoms with van der Waals surface area (Å²) < 4.78 is 30.3. The highest BCUT2D eigenvalue weighted by atomic mass is 32.2. The molecule has 1 unspecified atom stereocenters. The Labute approximate surface area is 98.2 Å². The maximum absolute atomic E-state index is 11.7. The third-order valence-electron chi connectivity index (χ3n) is 2.22. The van der Waals surface area contributed by atoms with Gasteiger partial charge in [-0.2, -0.15) is 0 Å². The van der Waals surface area contributed by atoms with E-state index in [2.05, 4.69) is 10.3 Å². The van der Waals surface area contributed by atoms with Crippen LogP contribution in [-0.2, 0) is 14.8 Å². The topological polar surface area (TPSA) is 97.4 Å². The van der Waals surface area contributed by atoms with Crippen LogP contribution < -0.4 is 10.0 Å². The molecule has 1 atom stereocenters. The molecule has 1 aliphatic rings. The number of nitrogens with zero attached hydrogens (tertiary/aromatic N) is 1. The number of nitrogens with one attached hydrogen (secondary N) is 2. The number of carbonyl (C=O) groups is 1. The molecule has 2 rings (SSSR count). The van der Waals surface area contributed by atoms with E-state index in [9.17, 15) is 13.2 Å². The molecule has 0 bridgehead atoms. The molecule has 1 aromatic heterocycles. The van der Waals surface area contributed by atoms with E-state index in [1.807, 2.05) is 4.72 Å². The molecule has 92 valence electrons. The molecule has 1 fully saturated rings. The van der Waals surface area contributed by atoms with Gasteiger partial charge in [-0.05, 0) is 12.1 Å². The number of hydrogen-bond acceptors (Lipinski definition) is 6. The Morgan fingerprint density at radius 2 is 2.41 bits per heavy atom. The van der Waals surface area contributed by atoms with Gasteiger partial charge in [0.05, 0.1) is 18.9 Å². The van der Waals surface area contributed by atoms with Gasteiger partial charge in [0.25, 0.3) is 15.9 Å². The summed E-state index contributed by atoms with van der Waals surface area (Å²) in [6, 6.07) is 3.04. The number of carbonyl (C=O) groups excluding carboxylic acids is 1. The summed E-state index contributed by atoms with van der Waals surface area (Å²) in [7, 11) is -3.77. The molecule has 0 saturated carbocycles. The lowest BCUT2D eigenvalue weighted by Crippen LogP contribution is -2.44. The van der Waals surface area contributed by atoms with Crippen molar-refractivity contribution < 1.29 is 17.9 Å². The molecule has 7 nitrogen and oxygen atoms in total. The molecule has 1 amide bonds. The number of amides is 1. The van der Waals surface area contributed by atoms with Crippen molar-refractivity contribution in [1.82, 2.24) is 15.0 Å². The molecule has 2 N–H and O–H groups in total. The predicted molar refractivity (Wildman–Crippen MR) is 58.4 cm³/mol. The van der Waals surface area contributed by atoms with Crippen molar-refractivity contribution in [2.24, 2.45) is 0 Å². The van der Waals surface area contributed by atoms with Gasteiger partial charge in [0, 0.05) is 12.4 Å². The lowest BCUT2D eigenvalue weighted by Gasteiger charge is -2.11. The zero-order valence-corrected chi connectivity index (χ0v) is 9.61. The second-order valence-corrected chi connectivity index (χ2v) is 5.29. The second-order valence-electron chi connectivity index (χ2n) is 3.43. The van der Waals surface area contributed by atoms with Crippen LogP contribution in [0.1, 0.15) is 10.4 Å². The minimum atomic E-state index is -3.77. The van der Waals surface area contributed by atoms with Gasteiger partial charge in [-0.15, -0.1) is 0 Å². The van der Waals surface area contributed by atoms with Crippen molar-refractivity contribution in [3.63, 3.8) is 0 Å². The molecule has 1 saturated heterocycles. The van der Waals surface area contributed by atoms with Gasteiger partial charge in [-0.3, -0.25) is 15.1 Å². The second kappa shape index (κ2) is 4.78. The number of sulfonamides is 1. The van der Waals surface area contributed by atoms with E-state index >= 15 is 0 Å². The molecule has 0 spiro atoms. The Balaban J connectivity index is 2.08. The number of hydrogen-bond donors (Lipinski definition) is 2. The van der Waals surface area contributed by atoms with Gasteiger partial charge >= 0.3 is 0 Å². The van der Waals surface area contributed by atoms with Gasteiger partial charge in [-0.1, -0.05) is 0 Å². The van der Waals surface area contributed by atoms with Crippen LogP contribution in [0.15, 0.2) is 24.5 Å². The Hall–Kier alpha value is -1.51. The third kappa shape index (κ3) is 2.78. The Bertz CT molecular complexity index is 496. The van der Waals surface area contributed by atoms with Crippen molar-refractivity contribution in [1.29, 1.82) is 0 Å². The van der Waals surface area contributed by atoms with E-state index in [0.717, 1.165) is 0 Å². The minimum Gasteiger partial charge on any atom is -0.363 e. The predicted octanol–water partition coefficient (Wildman–Crippen LogP) is -0.955. The monoisotopic (exact) mass is 257 g/mol. The van der Waals surface area contributed by atoms with Crippen LogP contribution in [-0.4, -0.2) is 38.0 Å². The summed E-state index contributed by atoms with van der Waals surface area (Å²) in [6.07, 6.45) is 2.79. The number of rotatable bonds is 3. The van der Waals surface area contributed by atoms with Crippen molar-refractivity contribution >= 4 is 15.9 Å². The van der Waals surface area contributed by atoms with Gasteiger partial charge in [0.2, 0.25) is 0 Å². The van der Waals surface area contributed by atoms with E-state index in [1.165, 1.54) is 18.5 Å². The fourth-order valence-corrected chi connectivity index (χ4v) is 2.41. The van der Waals surface area contributed by atoms with Crippen molar-refractivity contribution in [3.05, 3.63) is 30.1 Å². The van der Waals surface area contributed by atoms with Crippen LogP contribution in [0, 0.1) is 0 Å². The van der Waals surface area contributed by atoms with Gasteiger partial charge in [-0.25, -0.2) is 13.1 Å². The van der Waals surface area contributed by atoms with Crippen molar-refractivity contribution in [3.8, 4) is 0 Å². The van der Waals surface area contributed by atoms with Gasteiger partial charge in [0.15, 0.2) is 5.37 Å². The summed E-state index contributed by atoms with van der Waals surface area (Å²) in [5, 5.41) is 1.71. The largest absolute Gasteiger partial charge is 0.363 e. The van der Waals surface area contributed by atoms with Crippen molar-refractivity contribution in [2.45, 2.75) is 5.37 Å². The van der Waals surface area contributed by atoms with Gasteiger partial charge in [0.1, 0.15) is 0 Å². The summed E-state index contributed by atoms with van der Waals surface area (Å²) in [4.78, 5) is 15.4. The Kier molecular flexibility index (Phi) is 3.36. The fourth-order valence-electron chi connectivity index (χ4n) is 1.33. The Morgan fingerprint density at radius 1 is 1.59 bits per heavy atom. The minimum absolute atomic E-state index is 0.0235. The molecule has 2 heterocycles. The molecule has 1 aliphatic heterocycles. The van der Waals surface area contributed by atoms with E-state index in [1.54, 1.807) is 6.07 Å². The smallest absolute Gasteiger partial charge is 0.266 e. The summed E-state index contributed by atoms with van der Waals surface area (Å²) in [6.45, 7) is 0.183. The standard InChI is InChI=1S/C9H11N3O4S/c13-9(7-2-1-3-10-4-7)12-17(14,15)8-5-16-6-11-8/h1-4,8,11H,5-6H2,(H,12,13). The summed E-state index contributed by atoms with van der Waals surface area (Å²) in [5.41, 5.74) is 0.190. The maximum atomic E-state index is 11.7. The number of ether oxygens (including phenoxy) is 1. The molecule has 8 heteroatoms. The first-order valence-electron chi connectivity index (χ1n) is 4.87. The molecule has 0 aliphatic carbocycles. The van der Waals surface area contributed by atoms with Crippen LogP contribution in [0.5, 0.6) is 0 Å². The first-order valence-corrected chi connectivity index (χ1v) is 6.41. The molecule has 0 radical (unpaired) electrons. The Morgan fingerprint density at radius 3 is 3.00 bits per heavy atom. The van der Waals surface area contributed by atoms with E-state index < -0.39 is 21.3 Å². The maximum Gasteiger partial charge on any atom is 0.266 e. The molecular formula is C9H11N3O4S. The van der Waals surface area contributed by atoms with Crippen LogP contribution in [0.4, 0.5) is 0 Å². The quantitative estimate of drug-likeness (QED) is 0.724. The first kappa shape index (κ1) is 12.0. The number of aromatic nitrogens is 1. The van der Waals surface area contributed by atoms with E-state index in [-0.39, 0.29) is 18.9 Å². The molecule has 0 aromatic carbocycles. The van der Waals surface area contributed by atoms with Crippen LogP contribution >= 0.6 is 0 Å². The van der Waals surface area contributed by atoms with Crippen LogP contribution in [0.3, 0.4) is 0 Å². The van der Waals surface area contributed by atoms with Crippen molar-refractivity contribution in [2.75, 3.05) is 13.3 Å². The van der Waals surface area contributed by atoms with Crippen LogP contribution in [0.25, 0.3) is 0 Å². The lowest BCUT2D eigenvalue weighted by atomic mass is 10.3. The first-order chi connectivity index (χ1) is 8.09. The highest BCUT2D eigenvalue weighted by molar-refractivity contribution is 7.90. The normalized spacial score (nSPS) is 20.1. The van der Waals surface area contributed by atoms with Crippen LogP contribution in [0.2, 0.25) is 0 Å². The van der Waals surface area contributed by atoms with E-state index in [0.29, 0.717) is 0 Å². The third-order valence-corrected chi connectivity index (χ3v) is 3.74. The lowest BCUT2D eigenvalue weighted by molar-refractivity contribution is 0.0980. The molecule has 1 aromatic rings. The summed E-state index contributed by atoms with van der Waals surface area (Å²) in [5.74, 6) is -0.702. The molecular weight excluding hydrogens is 246 g/mol. The fraction of sp³-hybridized carbons (Fsp3) is 0.333. The zero-order valence-electron chi connectivity index (χ0n) is 8.79. The SMILES string of the molecule is O=C(NS(=O)(=O)C1COCN1)c1cccnc1. The summed E-state index contributed by atoms with van der Waals surface area (Å²) >= 11 is 0. The highest BCUT2D eigenvalue weighted by Crippen LogP contribution is 2.04. The van der Waals surface area contributed by atoms with Gasteiger partial charge < -0.3 is 4.74 Å². The number of pyridine rings is 1. The zero-order chi connectivity index (χ0) is 12.3. The highest BCUT2D eigenvalue weighted by Gasteiger charge is 2.30. The molecule has 17 heavy (non-hydrogen) atoms. The average molecular weight is 257 g/mol. The average Bonchev–Trinajstić information content (AvgIpc) is 2.84.